The molecule has 0 heterocycles. The molecule has 0 saturated carbocycles. The summed E-state index contributed by atoms with van der Waals surface area (Å²) in [5, 5.41) is 0. The molecule has 0 rings (SSSR count). The largest absolute Gasteiger partial charge is 0.303 e. The Bertz CT molecular complexity index is 192. The Balaban J connectivity index is 3.13. The lowest BCUT2D eigenvalue weighted by Crippen LogP contribution is -1.74. The van der Waals surface area contributed by atoms with E-state index < -0.39 is 0 Å². The third-order valence-corrected chi connectivity index (χ3v) is 2.49. The van der Waals surface area contributed by atoms with Crippen molar-refractivity contribution in [2.24, 2.45) is 0 Å². The minimum Gasteiger partial charge on any atom is -0.303 e. The van der Waals surface area contributed by atoms with Gasteiger partial charge in [0, 0.05) is 6.42 Å². The van der Waals surface area contributed by atoms with Crippen molar-refractivity contribution in [2.75, 3.05) is 0 Å². The van der Waals surface area contributed by atoms with Gasteiger partial charge in [-0.2, -0.15) is 0 Å². The molecule has 0 saturated heterocycles. The lowest BCUT2D eigenvalue weighted by atomic mass is 10.1. The highest BCUT2D eigenvalue weighted by atomic mass is 16.1. The van der Waals surface area contributed by atoms with Crippen LogP contribution in [0.2, 0.25) is 0 Å². The Kier molecular flexibility index (Phi) is 13.4. The lowest BCUT2D eigenvalue weighted by Gasteiger charge is -1.92. The van der Waals surface area contributed by atoms with Crippen LogP contribution in [0.1, 0.15) is 64.7 Å². The predicted molar refractivity (Wildman–Crippen MR) is 71.6 cm³/mol. The highest BCUT2D eigenvalue weighted by Gasteiger charge is 1.83. The molecule has 1 nitrogen and oxygen atoms in total. The number of hydrogen-bond acceptors (Lipinski definition) is 1. The number of carbonyl (C=O) groups is 1. The number of unbranched alkanes of at least 4 members (excludes halogenated alkanes) is 6. The molecule has 16 heavy (non-hydrogen) atoms. The summed E-state index contributed by atoms with van der Waals surface area (Å²) in [5.41, 5.74) is 0. The molecular formula is C15H26O. The van der Waals surface area contributed by atoms with Crippen LogP contribution in [0.5, 0.6) is 0 Å². The average molecular weight is 222 g/mol. The number of aldehydes is 1. The van der Waals surface area contributed by atoms with Gasteiger partial charge in [-0.3, -0.25) is 0 Å². The van der Waals surface area contributed by atoms with E-state index in [2.05, 4.69) is 31.2 Å². The van der Waals surface area contributed by atoms with Crippen LogP contribution in [0.4, 0.5) is 0 Å². The first-order valence-corrected chi connectivity index (χ1v) is 6.65. The first-order chi connectivity index (χ1) is 7.91. The van der Waals surface area contributed by atoms with Crippen LogP contribution >= 0.6 is 0 Å². The van der Waals surface area contributed by atoms with E-state index in [1.54, 1.807) is 0 Å². The molecule has 1 heteroatoms. The Labute approximate surface area is 101 Å². The van der Waals surface area contributed by atoms with E-state index in [1.807, 2.05) is 0 Å². The molecule has 0 aromatic carbocycles. The molecule has 92 valence electrons. The van der Waals surface area contributed by atoms with E-state index in [0.717, 1.165) is 19.1 Å². The van der Waals surface area contributed by atoms with E-state index in [1.165, 1.54) is 38.5 Å². The minimum atomic E-state index is 0.699. The standard InChI is InChI=1S/C15H26O/c1-2-3-4-5-6-7-8-9-10-11-12-13-14-15-16/h5-6,10-11,15H,2-4,7-9,12-14H2,1H3/b6-5+,11-10+. The summed E-state index contributed by atoms with van der Waals surface area (Å²) < 4.78 is 0. The molecule has 0 aliphatic rings. The van der Waals surface area contributed by atoms with Crippen LogP contribution in [0.15, 0.2) is 24.3 Å². The van der Waals surface area contributed by atoms with Crippen molar-refractivity contribution in [1.82, 2.24) is 0 Å². The molecule has 0 aliphatic carbocycles. The Morgan fingerprint density at radius 1 is 0.688 bits per heavy atom. The van der Waals surface area contributed by atoms with Gasteiger partial charge in [0.05, 0.1) is 0 Å². The average Bonchev–Trinajstić information content (AvgIpc) is 2.31. The summed E-state index contributed by atoms with van der Waals surface area (Å²) in [6, 6.07) is 0. The van der Waals surface area contributed by atoms with E-state index in [-0.39, 0.29) is 0 Å². The first-order valence-electron chi connectivity index (χ1n) is 6.65. The fourth-order valence-corrected chi connectivity index (χ4v) is 1.47. The fraction of sp³-hybridized carbons (Fsp3) is 0.667. The maximum Gasteiger partial charge on any atom is 0.120 e. The summed E-state index contributed by atoms with van der Waals surface area (Å²) in [6.07, 6.45) is 20.2. The summed E-state index contributed by atoms with van der Waals surface area (Å²) in [5.74, 6) is 0. The topological polar surface area (TPSA) is 17.1 Å². The predicted octanol–water partition coefficient (Wildman–Crippen LogP) is 4.83. The molecule has 0 atom stereocenters. The van der Waals surface area contributed by atoms with Crippen molar-refractivity contribution < 1.29 is 4.79 Å². The van der Waals surface area contributed by atoms with Gasteiger partial charge >= 0.3 is 0 Å². The molecule has 0 aliphatic heterocycles. The van der Waals surface area contributed by atoms with Gasteiger partial charge in [0.2, 0.25) is 0 Å². The Hall–Kier alpha value is -0.850. The van der Waals surface area contributed by atoms with Crippen LogP contribution in [0, 0.1) is 0 Å². The van der Waals surface area contributed by atoms with Crippen molar-refractivity contribution in [3.63, 3.8) is 0 Å². The molecule has 0 aromatic rings. The Morgan fingerprint density at radius 2 is 1.12 bits per heavy atom. The van der Waals surface area contributed by atoms with E-state index >= 15 is 0 Å². The van der Waals surface area contributed by atoms with Crippen LogP contribution in [-0.2, 0) is 4.79 Å². The van der Waals surface area contributed by atoms with Crippen molar-refractivity contribution in [3.05, 3.63) is 24.3 Å². The molecule has 0 amide bonds. The second-order valence-corrected chi connectivity index (χ2v) is 4.11. The molecule has 0 unspecified atom stereocenters. The first kappa shape index (κ1) is 15.2. The van der Waals surface area contributed by atoms with Crippen LogP contribution in [0.3, 0.4) is 0 Å². The van der Waals surface area contributed by atoms with Crippen LogP contribution < -0.4 is 0 Å². The molecule has 0 spiro atoms. The second kappa shape index (κ2) is 14.2. The van der Waals surface area contributed by atoms with Gasteiger partial charge in [-0.05, 0) is 38.5 Å². The summed E-state index contributed by atoms with van der Waals surface area (Å²) in [6.45, 7) is 2.23. The SMILES string of the molecule is CCCC/C=C/CCC/C=C/CCCC=O. The summed E-state index contributed by atoms with van der Waals surface area (Å²) >= 11 is 0. The lowest BCUT2D eigenvalue weighted by molar-refractivity contribution is -0.107. The van der Waals surface area contributed by atoms with Crippen molar-refractivity contribution >= 4 is 6.29 Å². The zero-order chi connectivity index (χ0) is 11.9. The Morgan fingerprint density at radius 3 is 1.56 bits per heavy atom. The van der Waals surface area contributed by atoms with Crippen LogP contribution in [0.25, 0.3) is 0 Å². The van der Waals surface area contributed by atoms with Gasteiger partial charge in [-0.25, -0.2) is 0 Å². The van der Waals surface area contributed by atoms with Gasteiger partial charge < -0.3 is 4.79 Å². The maximum absolute atomic E-state index is 10.1. The normalized spacial score (nSPS) is 11.6. The van der Waals surface area contributed by atoms with Crippen molar-refractivity contribution in [3.8, 4) is 0 Å². The van der Waals surface area contributed by atoms with Crippen molar-refractivity contribution in [2.45, 2.75) is 64.7 Å². The number of allylic oxidation sites excluding steroid dienone is 4. The molecule has 0 radical (unpaired) electrons. The smallest absolute Gasteiger partial charge is 0.120 e. The zero-order valence-electron chi connectivity index (χ0n) is 10.7. The van der Waals surface area contributed by atoms with Gasteiger partial charge in [0.15, 0.2) is 0 Å². The van der Waals surface area contributed by atoms with Gasteiger partial charge in [-0.1, -0.05) is 44.1 Å². The third-order valence-electron chi connectivity index (χ3n) is 2.49. The molecule has 0 fully saturated rings. The quantitative estimate of drug-likeness (QED) is 0.278. The van der Waals surface area contributed by atoms with Gasteiger partial charge in [-0.15, -0.1) is 0 Å². The summed E-state index contributed by atoms with van der Waals surface area (Å²) in [7, 11) is 0. The highest BCUT2D eigenvalue weighted by molar-refractivity contribution is 5.48. The fourth-order valence-electron chi connectivity index (χ4n) is 1.47. The van der Waals surface area contributed by atoms with Gasteiger partial charge in [0.1, 0.15) is 6.29 Å². The van der Waals surface area contributed by atoms with E-state index in [9.17, 15) is 4.79 Å². The second-order valence-electron chi connectivity index (χ2n) is 4.11. The number of hydrogen-bond donors (Lipinski definition) is 0. The highest BCUT2D eigenvalue weighted by Crippen LogP contribution is 2.02. The third kappa shape index (κ3) is 13.2. The molecule has 0 bridgehead atoms. The van der Waals surface area contributed by atoms with E-state index in [4.69, 9.17) is 0 Å². The van der Waals surface area contributed by atoms with Crippen LogP contribution in [-0.4, -0.2) is 6.29 Å². The molecule has 0 aromatic heterocycles. The molecule has 0 N–H and O–H groups in total. The number of carbonyl (C=O) groups excluding carboxylic acids is 1. The van der Waals surface area contributed by atoms with Gasteiger partial charge in [0.25, 0.3) is 0 Å². The molecular weight excluding hydrogens is 196 g/mol. The zero-order valence-corrected chi connectivity index (χ0v) is 10.7. The van der Waals surface area contributed by atoms with Crippen molar-refractivity contribution in [1.29, 1.82) is 0 Å². The van der Waals surface area contributed by atoms with E-state index in [0.29, 0.717) is 6.42 Å². The minimum absolute atomic E-state index is 0.699. The maximum atomic E-state index is 10.1. The summed E-state index contributed by atoms with van der Waals surface area (Å²) in [4.78, 5) is 10.1. The monoisotopic (exact) mass is 222 g/mol. The number of rotatable bonds is 11.